The highest BCUT2D eigenvalue weighted by atomic mass is 16.7. The predicted molar refractivity (Wildman–Crippen MR) is 99.3 cm³/mol. The summed E-state index contributed by atoms with van der Waals surface area (Å²) in [5.41, 5.74) is 1.55. The summed E-state index contributed by atoms with van der Waals surface area (Å²) in [6.45, 7) is 1.88. The minimum atomic E-state index is -0.305. The van der Waals surface area contributed by atoms with Crippen LogP contribution >= 0.6 is 0 Å². The van der Waals surface area contributed by atoms with Crippen molar-refractivity contribution in [1.82, 2.24) is 5.32 Å². The molecule has 2 aliphatic heterocycles. The Labute approximate surface area is 157 Å². The third-order valence-corrected chi connectivity index (χ3v) is 4.47. The molecule has 2 heterocycles. The summed E-state index contributed by atoms with van der Waals surface area (Å²) in [5.74, 6) is 2.05. The van der Waals surface area contributed by atoms with Crippen LogP contribution in [0.15, 0.2) is 42.5 Å². The molecule has 1 fully saturated rings. The van der Waals surface area contributed by atoms with E-state index < -0.39 is 0 Å². The number of carbonyl (C=O) groups excluding carboxylic acids is 1. The van der Waals surface area contributed by atoms with Gasteiger partial charge in [0, 0.05) is 13.2 Å². The first-order valence-electron chi connectivity index (χ1n) is 9.05. The fourth-order valence-electron chi connectivity index (χ4n) is 3.05. The maximum Gasteiger partial charge on any atom is 0.319 e. The molecule has 0 spiro atoms. The van der Waals surface area contributed by atoms with Crippen LogP contribution in [-0.2, 0) is 11.3 Å². The van der Waals surface area contributed by atoms with E-state index in [0.717, 1.165) is 30.8 Å². The lowest BCUT2D eigenvalue weighted by atomic mass is 10.2. The first kappa shape index (κ1) is 17.5. The minimum Gasteiger partial charge on any atom is -0.489 e. The third kappa shape index (κ3) is 4.43. The maximum absolute atomic E-state index is 12.3. The molecule has 2 amide bonds. The van der Waals surface area contributed by atoms with Gasteiger partial charge in [-0.15, -0.1) is 0 Å². The Morgan fingerprint density at radius 2 is 2.04 bits per heavy atom. The number of hydrogen-bond acceptors (Lipinski definition) is 5. The molecule has 0 radical (unpaired) electrons. The number of nitrogens with one attached hydrogen (secondary N) is 2. The molecule has 7 heteroatoms. The summed E-state index contributed by atoms with van der Waals surface area (Å²) in [6, 6.07) is 12.7. The van der Waals surface area contributed by atoms with Crippen LogP contribution in [0.25, 0.3) is 0 Å². The molecule has 2 aliphatic rings. The van der Waals surface area contributed by atoms with Gasteiger partial charge < -0.3 is 29.6 Å². The molecule has 1 saturated heterocycles. The second-order valence-electron chi connectivity index (χ2n) is 6.44. The topological polar surface area (TPSA) is 78.1 Å². The number of ether oxygens (including phenoxy) is 4. The number of benzene rings is 2. The summed E-state index contributed by atoms with van der Waals surface area (Å²) in [6.07, 6.45) is 2.19. The Bertz CT molecular complexity index is 805. The van der Waals surface area contributed by atoms with Gasteiger partial charge in [-0.25, -0.2) is 4.79 Å². The molecule has 27 heavy (non-hydrogen) atoms. The first-order chi connectivity index (χ1) is 13.3. The monoisotopic (exact) mass is 370 g/mol. The lowest BCUT2D eigenvalue weighted by Crippen LogP contribution is -2.28. The van der Waals surface area contributed by atoms with E-state index in [9.17, 15) is 4.79 Å². The summed E-state index contributed by atoms with van der Waals surface area (Å²) < 4.78 is 22.0. The van der Waals surface area contributed by atoms with E-state index in [1.165, 1.54) is 0 Å². The van der Waals surface area contributed by atoms with Crippen LogP contribution in [-0.4, -0.2) is 32.1 Å². The van der Waals surface area contributed by atoms with Gasteiger partial charge in [-0.1, -0.05) is 18.2 Å². The Kier molecular flexibility index (Phi) is 5.29. The molecule has 7 nitrogen and oxygen atoms in total. The average Bonchev–Trinajstić information content (AvgIpc) is 3.37. The molecule has 0 bridgehead atoms. The largest absolute Gasteiger partial charge is 0.489 e. The van der Waals surface area contributed by atoms with Crippen molar-refractivity contribution in [3.63, 3.8) is 0 Å². The molecule has 2 N–H and O–H groups in total. The summed E-state index contributed by atoms with van der Waals surface area (Å²) in [5, 5.41) is 5.67. The molecule has 0 saturated carbocycles. The third-order valence-electron chi connectivity index (χ3n) is 4.47. The Morgan fingerprint density at radius 3 is 2.93 bits per heavy atom. The molecule has 1 atom stereocenters. The van der Waals surface area contributed by atoms with E-state index in [1.54, 1.807) is 0 Å². The molecule has 4 rings (SSSR count). The highest BCUT2D eigenvalue weighted by Gasteiger charge is 2.17. The number of hydrogen-bond donors (Lipinski definition) is 2. The van der Waals surface area contributed by atoms with Gasteiger partial charge in [-0.05, 0) is 42.7 Å². The lowest BCUT2D eigenvalue weighted by Gasteiger charge is -2.15. The zero-order chi connectivity index (χ0) is 18.5. The van der Waals surface area contributed by atoms with Gasteiger partial charge in [0.1, 0.15) is 12.4 Å². The van der Waals surface area contributed by atoms with Crippen molar-refractivity contribution in [2.75, 3.05) is 25.3 Å². The molecule has 0 aromatic heterocycles. The zero-order valence-electron chi connectivity index (χ0n) is 14.9. The second-order valence-corrected chi connectivity index (χ2v) is 6.44. The van der Waals surface area contributed by atoms with E-state index >= 15 is 0 Å². The molecule has 0 unspecified atom stereocenters. The lowest BCUT2D eigenvalue weighted by molar-refractivity contribution is 0.0682. The van der Waals surface area contributed by atoms with Crippen LogP contribution in [0.2, 0.25) is 0 Å². The van der Waals surface area contributed by atoms with Crippen molar-refractivity contribution in [3.05, 3.63) is 48.0 Å². The fourth-order valence-corrected chi connectivity index (χ4v) is 3.05. The van der Waals surface area contributed by atoms with Crippen molar-refractivity contribution in [1.29, 1.82) is 0 Å². The molecular formula is C20H22N2O5. The van der Waals surface area contributed by atoms with Crippen LogP contribution in [0.1, 0.15) is 18.4 Å². The van der Waals surface area contributed by atoms with Crippen molar-refractivity contribution >= 4 is 11.7 Å². The van der Waals surface area contributed by atoms with E-state index in [1.807, 2.05) is 42.5 Å². The number of urea groups is 1. The van der Waals surface area contributed by atoms with Crippen molar-refractivity contribution in [2.24, 2.45) is 0 Å². The summed E-state index contributed by atoms with van der Waals surface area (Å²) in [4.78, 5) is 12.3. The number of anilines is 1. The standard InChI is InChI=1S/C20H22N2O5/c23-20(21-11-14-7-8-18-19(10-14)27-13-26-18)22-16-5-1-2-6-17(16)25-12-15-4-3-9-24-15/h1-2,5-8,10,15H,3-4,9,11-13H2,(H2,21,22,23)/t15-/m0/s1. The van der Waals surface area contributed by atoms with Crippen molar-refractivity contribution < 1.29 is 23.7 Å². The number of fused-ring (bicyclic) bond motifs is 1. The molecule has 142 valence electrons. The first-order valence-corrected chi connectivity index (χ1v) is 9.05. The van der Waals surface area contributed by atoms with Gasteiger partial charge in [0.25, 0.3) is 0 Å². The SMILES string of the molecule is O=C(NCc1ccc2c(c1)OCO2)Nc1ccccc1OC[C@@H]1CCCO1. The smallest absolute Gasteiger partial charge is 0.319 e. The van der Waals surface area contributed by atoms with Gasteiger partial charge in [-0.2, -0.15) is 0 Å². The summed E-state index contributed by atoms with van der Waals surface area (Å²) >= 11 is 0. The van der Waals surface area contributed by atoms with E-state index in [-0.39, 0.29) is 18.9 Å². The van der Waals surface area contributed by atoms with Crippen LogP contribution in [0.3, 0.4) is 0 Å². The molecule has 2 aromatic carbocycles. The summed E-state index contributed by atoms with van der Waals surface area (Å²) in [7, 11) is 0. The van der Waals surface area contributed by atoms with Crippen LogP contribution < -0.4 is 24.8 Å². The second kappa shape index (κ2) is 8.18. The van der Waals surface area contributed by atoms with Crippen molar-refractivity contribution in [2.45, 2.75) is 25.5 Å². The Balaban J connectivity index is 1.31. The Morgan fingerprint density at radius 1 is 1.15 bits per heavy atom. The minimum absolute atomic E-state index is 0.123. The van der Waals surface area contributed by atoms with Gasteiger partial charge in [-0.3, -0.25) is 0 Å². The molecule has 0 aliphatic carbocycles. The maximum atomic E-state index is 12.3. The fraction of sp³-hybridized carbons (Fsp3) is 0.350. The average molecular weight is 370 g/mol. The van der Waals surface area contributed by atoms with Crippen molar-refractivity contribution in [3.8, 4) is 17.2 Å². The molecule has 2 aromatic rings. The molecular weight excluding hydrogens is 348 g/mol. The van der Waals surface area contributed by atoms with Gasteiger partial charge in [0.15, 0.2) is 11.5 Å². The van der Waals surface area contributed by atoms with Gasteiger partial charge in [0.05, 0.1) is 11.8 Å². The van der Waals surface area contributed by atoms with Crippen LogP contribution in [0.4, 0.5) is 10.5 Å². The van der Waals surface area contributed by atoms with E-state index in [0.29, 0.717) is 30.3 Å². The predicted octanol–water partition coefficient (Wildman–Crippen LogP) is 3.29. The normalized spacial score (nSPS) is 17.6. The number of rotatable bonds is 6. The number of carbonyl (C=O) groups is 1. The number of para-hydroxylation sites is 2. The van der Waals surface area contributed by atoms with Gasteiger partial charge >= 0.3 is 6.03 Å². The van der Waals surface area contributed by atoms with Crippen LogP contribution in [0.5, 0.6) is 17.2 Å². The van der Waals surface area contributed by atoms with E-state index in [4.69, 9.17) is 18.9 Å². The Hall–Kier alpha value is -2.93. The van der Waals surface area contributed by atoms with Crippen LogP contribution in [0, 0.1) is 0 Å². The zero-order valence-corrected chi connectivity index (χ0v) is 14.9. The van der Waals surface area contributed by atoms with Gasteiger partial charge in [0.2, 0.25) is 6.79 Å². The van der Waals surface area contributed by atoms with E-state index in [2.05, 4.69) is 10.6 Å². The highest BCUT2D eigenvalue weighted by molar-refractivity contribution is 5.90. The highest BCUT2D eigenvalue weighted by Crippen LogP contribution is 2.32. The number of amides is 2. The quantitative estimate of drug-likeness (QED) is 0.816.